The number of benzene rings is 1. The lowest BCUT2D eigenvalue weighted by atomic mass is 10.1. The normalized spacial score (nSPS) is 14.5. The highest BCUT2D eigenvalue weighted by Gasteiger charge is 2.17. The van der Waals surface area contributed by atoms with Gasteiger partial charge in [0.1, 0.15) is 0 Å². The fourth-order valence-corrected chi connectivity index (χ4v) is 2.53. The van der Waals surface area contributed by atoms with Crippen LogP contribution in [-0.4, -0.2) is 36.5 Å². The zero-order valence-corrected chi connectivity index (χ0v) is 13.2. The highest BCUT2D eigenvalue weighted by atomic mass is 16.2. The van der Waals surface area contributed by atoms with Crippen molar-refractivity contribution in [2.45, 2.75) is 39.0 Å². The lowest BCUT2D eigenvalue weighted by molar-refractivity contribution is 0.0724. The summed E-state index contributed by atoms with van der Waals surface area (Å²) in [4.78, 5) is 25.9. The number of hydrogen-bond acceptors (Lipinski definition) is 2. The number of urea groups is 1. The number of amides is 3. The molecule has 5 nitrogen and oxygen atoms in total. The van der Waals surface area contributed by atoms with E-state index in [1.165, 1.54) is 6.42 Å². The lowest BCUT2D eigenvalue weighted by Crippen LogP contribution is -2.35. The van der Waals surface area contributed by atoms with Gasteiger partial charge in [0.2, 0.25) is 0 Å². The fourth-order valence-electron chi connectivity index (χ4n) is 2.53. The highest BCUT2D eigenvalue weighted by Crippen LogP contribution is 2.15. The summed E-state index contributed by atoms with van der Waals surface area (Å²) in [6.07, 6.45) is 5.40. The monoisotopic (exact) mass is 303 g/mol. The first-order chi connectivity index (χ1) is 10.7. The van der Waals surface area contributed by atoms with Crippen molar-refractivity contribution in [1.82, 2.24) is 10.2 Å². The summed E-state index contributed by atoms with van der Waals surface area (Å²) in [5, 5.41) is 5.57. The van der Waals surface area contributed by atoms with E-state index in [0.717, 1.165) is 38.8 Å². The minimum absolute atomic E-state index is 0.0821. The Labute approximate surface area is 132 Å². The second-order valence-electron chi connectivity index (χ2n) is 5.66. The Hall–Kier alpha value is -2.04. The largest absolute Gasteiger partial charge is 0.339 e. The van der Waals surface area contributed by atoms with Crippen LogP contribution in [0.4, 0.5) is 10.5 Å². The third-order valence-corrected chi connectivity index (χ3v) is 3.85. The summed E-state index contributed by atoms with van der Waals surface area (Å²) in [5.41, 5.74) is 1.38. The topological polar surface area (TPSA) is 61.4 Å². The fraction of sp³-hybridized carbons (Fsp3) is 0.529. The van der Waals surface area contributed by atoms with Gasteiger partial charge in [-0.05, 0) is 49.9 Å². The van der Waals surface area contributed by atoms with Gasteiger partial charge in [0, 0.05) is 30.9 Å². The Bertz CT molecular complexity index is 493. The van der Waals surface area contributed by atoms with Gasteiger partial charge in [-0.3, -0.25) is 4.79 Å². The zero-order chi connectivity index (χ0) is 15.8. The van der Waals surface area contributed by atoms with Gasteiger partial charge in [-0.2, -0.15) is 0 Å². The molecule has 1 aliphatic heterocycles. The summed E-state index contributed by atoms with van der Waals surface area (Å²) in [7, 11) is 0. The quantitative estimate of drug-likeness (QED) is 0.820. The van der Waals surface area contributed by atoms with Crippen molar-refractivity contribution < 1.29 is 9.59 Å². The van der Waals surface area contributed by atoms with E-state index in [2.05, 4.69) is 17.6 Å². The summed E-state index contributed by atoms with van der Waals surface area (Å²) in [6.45, 7) is 4.45. The Morgan fingerprint density at radius 2 is 1.77 bits per heavy atom. The molecule has 0 spiro atoms. The molecule has 1 aromatic rings. The SMILES string of the molecule is CCCCNC(=O)Nc1ccc(C(=O)N2CCCCC2)cc1. The van der Waals surface area contributed by atoms with Crippen molar-refractivity contribution in [3.05, 3.63) is 29.8 Å². The van der Waals surface area contributed by atoms with Crippen molar-refractivity contribution in [3.63, 3.8) is 0 Å². The predicted molar refractivity (Wildman–Crippen MR) is 88.1 cm³/mol. The van der Waals surface area contributed by atoms with Crippen LogP contribution in [-0.2, 0) is 0 Å². The molecular formula is C17H25N3O2. The summed E-state index contributed by atoms with van der Waals surface area (Å²) >= 11 is 0. The molecule has 0 aromatic heterocycles. The molecule has 1 fully saturated rings. The third-order valence-electron chi connectivity index (χ3n) is 3.85. The number of piperidine rings is 1. The van der Waals surface area contributed by atoms with Crippen molar-refractivity contribution in [1.29, 1.82) is 0 Å². The number of nitrogens with zero attached hydrogens (tertiary/aromatic N) is 1. The van der Waals surface area contributed by atoms with E-state index in [0.29, 0.717) is 17.8 Å². The summed E-state index contributed by atoms with van der Waals surface area (Å²) < 4.78 is 0. The lowest BCUT2D eigenvalue weighted by Gasteiger charge is -2.26. The Balaban J connectivity index is 1.86. The molecule has 0 saturated carbocycles. The zero-order valence-electron chi connectivity index (χ0n) is 13.2. The van der Waals surface area contributed by atoms with Crippen LogP contribution in [0.25, 0.3) is 0 Å². The second kappa shape index (κ2) is 8.41. The van der Waals surface area contributed by atoms with Crippen LogP contribution in [0, 0.1) is 0 Å². The Morgan fingerprint density at radius 3 is 2.41 bits per heavy atom. The maximum atomic E-state index is 12.3. The van der Waals surface area contributed by atoms with Gasteiger partial charge >= 0.3 is 6.03 Å². The van der Waals surface area contributed by atoms with Gasteiger partial charge in [0.15, 0.2) is 0 Å². The van der Waals surface area contributed by atoms with E-state index in [4.69, 9.17) is 0 Å². The molecule has 2 rings (SSSR count). The van der Waals surface area contributed by atoms with E-state index >= 15 is 0 Å². The molecule has 5 heteroatoms. The average molecular weight is 303 g/mol. The molecule has 0 unspecified atom stereocenters. The average Bonchev–Trinajstić information content (AvgIpc) is 2.56. The smallest absolute Gasteiger partial charge is 0.319 e. The number of rotatable bonds is 5. The van der Waals surface area contributed by atoms with Crippen molar-refractivity contribution in [3.8, 4) is 0 Å². The molecule has 1 aromatic carbocycles. The van der Waals surface area contributed by atoms with Crippen LogP contribution in [0.1, 0.15) is 49.4 Å². The molecular weight excluding hydrogens is 278 g/mol. The maximum Gasteiger partial charge on any atom is 0.319 e. The number of hydrogen-bond donors (Lipinski definition) is 2. The molecule has 3 amide bonds. The number of likely N-dealkylation sites (tertiary alicyclic amines) is 1. The van der Waals surface area contributed by atoms with Crippen LogP contribution in [0.2, 0.25) is 0 Å². The molecule has 0 radical (unpaired) electrons. The molecule has 0 atom stereocenters. The minimum Gasteiger partial charge on any atom is -0.339 e. The van der Waals surface area contributed by atoms with E-state index < -0.39 is 0 Å². The number of anilines is 1. The molecule has 120 valence electrons. The van der Waals surface area contributed by atoms with Crippen LogP contribution < -0.4 is 10.6 Å². The molecule has 22 heavy (non-hydrogen) atoms. The summed E-state index contributed by atoms with van der Waals surface area (Å²) in [5.74, 6) is 0.0821. The Morgan fingerprint density at radius 1 is 1.09 bits per heavy atom. The van der Waals surface area contributed by atoms with Gasteiger partial charge in [-0.1, -0.05) is 13.3 Å². The maximum absolute atomic E-state index is 12.3. The first-order valence-corrected chi connectivity index (χ1v) is 8.15. The minimum atomic E-state index is -0.205. The highest BCUT2D eigenvalue weighted by molar-refractivity contribution is 5.95. The van der Waals surface area contributed by atoms with Gasteiger partial charge in [-0.15, -0.1) is 0 Å². The number of unbranched alkanes of at least 4 members (excludes halogenated alkanes) is 1. The molecule has 0 bridgehead atoms. The number of carbonyl (C=O) groups excluding carboxylic acids is 2. The van der Waals surface area contributed by atoms with Crippen LogP contribution in [0.3, 0.4) is 0 Å². The van der Waals surface area contributed by atoms with Gasteiger partial charge in [-0.25, -0.2) is 4.79 Å². The molecule has 1 aliphatic rings. The number of carbonyl (C=O) groups is 2. The van der Waals surface area contributed by atoms with Crippen LogP contribution in [0.5, 0.6) is 0 Å². The Kier molecular flexibility index (Phi) is 6.25. The predicted octanol–water partition coefficient (Wildman–Crippen LogP) is 3.23. The molecule has 0 aliphatic carbocycles. The van der Waals surface area contributed by atoms with Gasteiger partial charge in [0.05, 0.1) is 0 Å². The molecule has 1 saturated heterocycles. The van der Waals surface area contributed by atoms with Crippen molar-refractivity contribution in [2.75, 3.05) is 25.0 Å². The van der Waals surface area contributed by atoms with Crippen molar-refractivity contribution >= 4 is 17.6 Å². The second-order valence-corrected chi connectivity index (χ2v) is 5.66. The standard InChI is InChI=1S/C17H25N3O2/c1-2-3-11-18-17(22)19-15-9-7-14(8-10-15)16(21)20-12-5-4-6-13-20/h7-10H,2-6,11-13H2,1H3,(H2,18,19,22). The van der Waals surface area contributed by atoms with E-state index in [1.807, 2.05) is 4.90 Å². The molecule has 2 N–H and O–H groups in total. The van der Waals surface area contributed by atoms with Gasteiger partial charge < -0.3 is 15.5 Å². The first kappa shape index (κ1) is 16.3. The summed E-state index contributed by atoms with van der Waals surface area (Å²) in [6, 6.07) is 6.90. The van der Waals surface area contributed by atoms with Crippen LogP contribution in [0.15, 0.2) is 24.3 Å². The van der Waals surface area contributed by atoms with E-state index in [9.17, 15) is 9.59 Å². The van der Waals surface area contributed by atoms with E-state index in [1.54, 1.807) is 24.3 Å². The first-order valence-electron chi connectivity index (χ1n) is 8.15. The third kappa shape index (κ3) is 4.76. The molecule has 1 heterocycles. The van der Waals surface area contributed by atoms with E-state index in [-0.39, 0.29) is 11.9 Å². The van der Waals surface area contributed by atoms with Gasteiger partial charge in [0.25, 0.3) is 5.91 Å². The van der Waals surface area contributed by atoms with Crippen LogP contribution >= 0.6 is 0 Å². The van der Waals surface area contributed by atoms with Crippen molar-refractivity contribution in [2.24, 2.45) is 0 Å². The number of nitrogens with one attached hydrogen (secondary N) is 2.